The van der Waals surface area contributed by atoms with Crippen molar-refractivity contribution in [2.45, 2.75) is 26.5 Å². The molecule has 1 unspecified atom stereocenters. The standard InChI is InChI=1S/C25H23N3O4/c1-17-9-10-18(2)21(15-17)27-24(29)23(19-7-4-3-5-8-19)32-25(30)22-12-11-20(31-22)16-28-14-6-13-26-28/h3-15,23H,16H2,1-2H3,(H,27,29). The van der Waals surface area contributed by atoms with Crippen molar-refractivity contribution in [2.24, 2.45) is 0 Å². The third-order valence-electron chi connectivity index (χ3n) is 4.96. The quantitative estimate of drug-likeness (QED) is 0.431. The van der Waals surface area contributed by atoms with Crippen molar-refractivity contribution in [2.75, 3.05) is 5.32 Å². The van der Waals surface area contributed by atoms with Crippen molar-refractivity contribution in [3.8, 4) is 0 Å². The summed E-state index contributed by atoms with van der Waals surface area (Å²) < 4.78 is 12.9. The van der Waals surface area contributed by atoms with Gasteiger partial charge in [0.1, 0.15) is 5.76 Å². The normalized spacial score (nSPS) is 11.7. The van der Waals surface area contributed by atoms with E-state index in [2.05, 4.69) is 10.4 Å². The van der Waals surface area contributed by atoms with E-state index in [1.54, 1.807) is 53.5 Å². The fourth-order valence-electron chi connectivity index (χ4n) is 3.26. The summed E-state index contributed by atoms with van der Waals surface area (Å²) in [6, 6.07) is 19.7. The number of nitrogens with one attached hydrogen (secondary N) is 1. The highest BCUT2D eigenvalue weighted by Gasteiger charge is 2.27. The maximum absolute atomic E-state index is 13.1. The lowest BCUT2D eigenvalue weighted by Crippen LogP contribution is -2.26. The van der Waals surface area contributed by atoms with Gasteiger partial charge in [0.05, 0.1) is 6.54 Å². The van der Waals surface area contributed by atoms with Gasteiger partial charge in [0, 0.05) is 23.6 Å². The fraction of sp³-hybridized carbons (Fsp3) is 0.160. The molecule has 0 radical (unpaired) electrons. The molecule has 7 nitrogen and oxygen atoms in total. The lowest BCUT2D eigenvalue weighted by atomic mass is 10.1. The molecule has 0 spiro atoms. The minimum atomic E-state index is -1.14. The van der Waals surface area contributed by atoms with Gasteiger partial charge in [0.15, 0.2) is 0 Å². The second-order valence-corrected chi connectivity index (χ2v) is 7.47. The Hall–Kier alpha value is -4.13. The van der Waals surface area contributed by atoms with Crippen LogP contribution in [0, 0.1) is 13.8 Å². The number of ether oxygens (including phenoxy) is 1. The van der Waals surface area contributed by atoms with Crippen LogP contribution in [0.4, 0.5) is 5.69 Å². The highest BCUT2D eigenvalue weighted by molar-refractivity contribution is 5.98. The lowest BCUT2D eigenvalue weighted by Gasteiger charge is -2.18. The van der Waals surface area contributed by atoms with Gasteiger partial charge in [0.25, 0.3) is 5.91 Å². The first-order valence-corrected chi connectivity index (χ1v) is 10.2. The van der Waals surface area contributed by atoms with Gasteiger partial charge in [-0.25, -0.2) is 4.79 Å². The number of furan rings is 1. The molecule has 0 saturated carbocycles. The van der Waals surface area contributed by atoms with E-state index in [9.17, 15) is 9.59 Å². The molecule has 0 bridgehead atoms. The predicted octanol–water partition coefficient (Wildman–Crippen LogP) is 4.68. The van der Waals surface area contributed by atoms with Crippen molar-refractivity contribution >= 4 is 17.6 Å². The van der Waals surface area contributed by atoms with Gasteiger partial charge < -0.3 is 14.5 Å². The summed E-state index contributed by atoms with van der Waals surface area (Å²) in [4.78, 5) is 25.9. The number of nitrogens with zero attached hydrogens (tertiary/aromatic N) is 2. The topological polar surface area (TPSA) is 86.4 Å². The summed E-state index contributed by atoms with van der Waals surface area (Å²) in [6.07, 6.45) is 2.32. The molecule has 1 amide bonds. The van der Waals surface area contributed by atoms with Crippen LogP contribution in [0.1, 0.15) is 39.1 Å². The molecule has 0 aliphatic heterocycles. The predicted molar refractivity (Wildman–Crippen MR) is 119 cm³/mol. The van der Waals surface area contributed by atoms with Crippen LogP contribution in [-0.2, 0) is 16.1 Å². The first-order valence-electron chi connectivity index (χ1n) is 10.2. The van der Waals surface area contributed by atoms with Gasteiger partial charge in [-0.2, -0.15) is 5.10 Å². The highest BCUT2D eigenvalue weighted by Crippen LogP contribution is 2.24. The van der Waals surface area contributed by atoms with E-state index >= 15 is 0 Å². The van der Waals surface area contributed by atoms with E-state index in [0.29, 0.717) is 23.6 Å². The van der Waals surface area contributed by atoms with Crippen molar-refractivity contribution in [1.29, 1.82) is 0 Å². The summed E-state index contributed by atoms with van der Waals surface area (Å²) in [6.45, 7) is 4.24. The zero-order chi connectivity index (χ0) is 22.5. The number of aromatic nitrogens is 2. The van der Waals surface area contributed by atoms with E-state index < -0.39 is 18.0 Å². The summed E-state index contributed by atoms with van der Waals surface area (Å²) in [5.41, 5.74) is 3.16. The maximum atomic E-state index is 13.1. The molecule has 0 aliphatic rings. The number of esters is 1. The van der Waals surface area contributed by atoms with Crippen LogP contribution in [0.15, 0.2) is 83.5 Å². The highest BCUT2D eigenvalue weighted by atomic mass is 16.6. The van der Waals surface area contributed by atoms with Crippen LogP contribution in [0.25, 0.3) is 0 Å². The Morgan fingerprint density at radius 3 is 2.62 bits per heavy atom. The Bertz CT molecular complexity index is 1210. The molecular formula is C25H23N3O4. The van der Waals surface area contributed by atoms with Gasteiger partial charge in [-0.15, -0.1) is 0 Å². The lowest BCUT2D eigenvalue weighted by molar-refractivity contribution is -0.125. The number of amides is 1. The van der Waals surface area contributed by atoms with Gasteiger partial charge in [-0.05, 0) is 49.2 Å². The molecular weight excluding hydrogens is 406 g/mol. The van der Waals surface area contributed by atoms with Gasteiger partial charge in [-0.1, -0.05) is 42.5 Å². The third-order valence-corrected chi connectivity index (χ3v) is 4.96. The second-order valence-electron chi connectivity index (χ2n) is 7.47. The molecule has 2 aromatic carbocycles. The molecule has 1 atom stereocenters. The molecule has 2 aromatic heterocycles. The zero-order valence-electron chi connectivity index (χ0n) is 17.8. The summed E-state index contributed by atoms with van der Waals surface area (Å²) >= 11 is 0. The Kier molecular flexibility index (Phi) is 6.17. The van der Waals surface area contributed by atoms with E-state index in [1.165, 1.54) is 6.07 Å². The van der Waals surface area contributed by atoms with Crippen molar-refractivity contribution < 1.29 is 18.7 Å². The number of anilines is 1. The first kappa shape index (κ1) is 21.1. The third kappa shape index (κ3) is 4.95. The van der Waals surface area contributed by atoms with E-state index in [-0.39, 0.29) is 5.76 Å². The maximum Gasteiger partial charge on any atom is 0.375 e. The second kappa shape index (κ2) is 9.34. The molecule has 0 fully saturated rings. The summed E-state index contributed by atoms with van der Waals surface area (Å²) in [5.74, 6) is -0.590. The number of carbonyl (C=O) groups excluding carboxylic acids is 2. The van der Waals surface area contributed by atoms with Crippen molar-refractivity contribution in [1.82, 2.24) is 9.78 Å². The first-order chi connectivity index (χ1) is 15.5. The van der Waals surface area contributed by atoms with E-state index in [1.807, 2.05) is 38.1 Å². The average Bonchev–Trinajstić information content (AvgIpc) is 3.48. The van der Waals surface area contributed by atoms with Crippen LogP contribution in [-0.4, -0.2) is 21.7 Å². The molecule has 4 aromatic rings. The number of benzene rings is 2. The fourth-order valence-corrected chi connectivity index (χ4v) is 3.26. The number of hydrogen-bond acceptors (Lipinski definition) is 5. The van der Waals surface area contributed by atoms with Crippen LogP contribution in [0.2, 0.25) is 0 Å². The van der Waals surface area contributed by atoms with Crippen molar-refractivity contribution in [3.05, 3.63) is 107 Å². The van der Waals surface area contributed by atoms with Gasteiger partial charge in [0.2, 0.25) is 11.9 Å². The molecule has 7 heteroatoms. The Labute approximate surface area is 185 Å². The number of aryl methyl sites for hydroxylation is 2. The zero-order valence-corrected chi connectivity index (χ0v) is 17.8. The van der Waals surface area contributed by atoms with Gasteiger partial charge in [-0.3, -0.25) is 9.48 Å². The molecule has 0 aliphatic carbocycles. The van der Waals surface area contributed by atoms with Crippen LogP contribution < -0.4 is 5.32 Å². The SMILES string of the molecule is Cc1ccc(C)c(NC(=O)C(OC(=O)c2ccc(Cn3cccn3)o2)c2ccccc2)c1. The molecule has 162 valence electrons. The molecule has 0 saturated heterocycles. The number of rotatable bonds is 7. The van der Waals surface area contributed by atoms with Crippen LogP contribution in [0.5, 0.6) is 0 Å². The summed E-state index contributed by atoms with van der Waals surface area (Å²) in [7, 11) is 0. The minimum Gasteiger partial charge on any atom is -0.452 e. The number of hydrogen-bond donors (Lipinski definition) is 1. The monoisotopic (exact) mass is 429 g/mol. The van der Waals surface area contributed by atoms with E-state index in [0.717, 1.165) is 11.1 Å². The Morgan fingerprint density at radius 2 is 1.88 bits per heavy atom. The van der Waals surface area contributed by atoms with Crippen LogP contribution >= 0.6 is 0 Å². The smallest absolute Gasteiger partial charge is 0.375 e. The number of carbonyl (C=O) groups is 2. The Morgan fingerprint density at radius 1 is 1.06 bits per heavy atom. The van der Waals surface area contributed by atoms with Gasteiger partial charge >= 0.3 is 5.97 Å². The Balaban J connectivity index is 1.53. The van der Waals surface area contributed by atoms with E-state index in [4.69, 9.17) is 9.15 Å². The van der Waals surface area contributed by atoms with Crippen molar-refractivity contribution in [3.63, 3.8) is 0 Å². The molecule has 32 heavy (non-hydrogen) atoms. The largest absolute Gasteiger partial charge is 0.452 e. The van der Waals surface area contributed by atoms with Crippen LogP contribution in [0.3, 0.4) is 0 Å². The molecule has 1 N–H and O–H groups in total. The summed E-state index contributed by atoms with van der Waals surface area (Å²) in [5, 5.41) is 7.00. The molecule has 2 heterocycles. The minimum absolute atomic E-state index is 0.0209. The average molecular weight is 429 g/mol. The molecule has 4 rings (SSSR count).